The van der Waals surface area contributed by atoms with E-state index in [0.29, 0.717) is 24.3 Å². The molecule has 2 aromatic rings. The number of nitrogens with zero attached hydrogens (tertiary/aromatic N) is 1. The van der Waals surface area contributed by atoms with Gasteiger partial charge in [0.05, 0.1) is 17.0 Å². The van der Waals surface area contributed by atoms with Gasteiger partial charge in [-0.25, -0.2) is 13.2 Å². The zero-order valence-corrected chi connectivity index (χ0v) is 15.4. The number of rotatable bonds is 7. The number of sulfonamides is 1. The van der Waals surface area contributed by atoms with Crippen LogP contribution in [0.4, 0.5) is 5.69 Å². The van der Waals surface area contributed by atoms with Crippen LogP contribution in [0.3, 0.4) is 0 Å². The highest BCUT2D eigenvalue weighted by atomic mass is 32.2. The zero-order valence-electron chi connectivity index (χ0n) is 14.6. The lowest BCUT2D eigenvalue weighted by Crippen LogP contribution is -2.27. The number of ketones is 1. The van der Waals surface area contributed by atoms with Gasteiger partial charge in [-0.1, -0.05) is 0 Å². The number of hydrogen-bond donors (Lipinski definition) is 2. The van der Waals surface area contributed by atoms with Crippen LogP contribution in [0.25, 0.3) is 0 Å². The molecule has 0 radical (unpaired) electrons. The molecule has 0 amide bonds. The van der Waals surface area contributed by atoms with Gasteiger partial charge in [0.25, 0.3) is 0 Å². The summed E-state index contributed by atoms with van der Waals surface area (Å²) in [5.41, 5.74) is 1.20. The monoisotopic (exact) mass is 388 g/mol. The van der Waals surface area contributed by atoms with Crippen molar-refractivity contribution in [3.05, 3.63) is 59.7 Å². The molecule has 27 heavy (non-hydrogen) atoms. The van der Waals surface area contributed by atoms with E-state index in [9.17, 15) is 18.0 Å². The number of nitrogens with one attached hydrogen (secondary N) is 1. The highest BCUT2D eigenvalue weighted by molar-refractivity contribution is 7.89. The van der Waals surface area contributed by atoms with Crippen LogP contribution in [0.1, 0.15) is 33.6 Å². The van der Waals surface area contributed by atoms with Crippen LogP contribution in [0.15, 0.2) is 53.4 Å². The van der Waals surface area contributed by atoms with E-state index in [2.05, 4.69) is 5.32 Å². The van der Waals surface area contributed by atoms with Gasteiger partial charge in [-0.3, -0.25) is 4.79 Å². The van der Waals surface area contributed by atoms with Crippen molar-refractivity contribution < 1.29 is 23.1 Å². The molecule has 0 saturated carbocycles. The molecule has 1 aliphatic rings. The Hall–Kier alpha value is -2.71. The Balaban J connectivity index is 1.62. The van der Waals surface area contributed by atoms with Crippen molar-refractivity contribution in [2.75, 3.05) is 25.0 Å². The SMILES string of the molecule is O=C(O)c1ccc(NCC(=O)c2ccc(S(=O)(=O)N3CCCC3)cc2)cc1. The summed E-state index contributed by atoms with van der Waals surface area (Å²) in [6.07, 6.45) is 1.74. The third kappa shape index (κ3) is 4.35. The predicted octanol–water partition coefficient (Wildman–Crippen LogP) is 2.46. The third-order valence-corrected chi connectivity index (χ3v) is 6.38. The lowest BCUT2D eigenvalue weighted by molar-refractivity contribution is 0.0696. The molecule has 0 spiro atoms. The lowest BCUT2D eigenvalue weighted by atomic mass is 10.1. The van der Waals surface area contributed by atoms with Crippen molar-refractivity contribution in [2.24, 2.45) is 0 Å². The summed E-state index contributed by atoms with van der Waals surface area (Å²) in [4.78, 5) is 23.3. The highest BCUT2D eigenvalue weighted by Gasteiger charge is 2.27. The van der Waals surface area contributed by atoms with E-state index in [1.54, 1.807) is 12.1 Å². The third-order valence-electron chi connectivity index (χ3n) is 4.46. The second-order valence-corrected chi connectivity index (χ2v) is 8.23. The van der Waals surface area contributed by atoms with Crippen LogP contribution in [0.2, 0.25) is 0 Å². The van der Waals surface area contributed by atoms with Crippen LogP contribution >= 0.6 is 0 Å². The standard InChI is InChI=1S/C19H20N2O5S/c22-18(13-20-16-7-3-15(4-8-16)19(23)24)14-5-9-17(10-6-14)27(25,26)21-11-1-2-12-21/h3-10,20H,1-2,11-13H2,(H,23,24). The number of carbonyl (C=O) groups is 2. The first kappa shape index (κ1) is 19.1. The fourth-order valence-electron chi connectivity index (χ4n) is 2.91. The summed E-state index contributed by atoms with van der Waals surface area (Å²) >= 11 is 0. The molecule has 7 nitrogen and oxygen atoms in total. The minimum absolute atomic E-state index is 0.0185. The summed E-state index contributed by atoms with van der Waals surface area (Å²) in [7, 11) is -3.49. The molecule has 8 heteroatoms. The Kier molecular flexibility index (Phi) is 5.57. The summed E-state index contributed by atoms with van der Waals surface area (Å²) < 4.78 is 26.4. The Bertz CT molecular complexity index is 931. The number of carboxylic acid groups (broad SMARTS) is 1. The average molecular weight is 388 g/mol. The van der Waals surface area contributed by atoms with E-state index in [4.69, 9.17) is 5.11 Å². The maximum atomic E-state index is 12.5. The Labute approximate surface area is 157 Å². The molecule has 0 aromatic heterocycles. The molecule has 1 fully saturated rings. The molecule has 0 atom stereocenters. The van der Waals surface area contributed by atoms with E-state index in [1.165, 1.54) is 40.7 Å². The van der Waals surface area contributed by atoms with Crippen molar-refractivity contribution in [3.63, 3.8) is 0 Å². The van der Waals surface area contributed by atoms with Crippen molar-refractivity contribution in [1.82, 2.24) is 4.31 Å². The second-order valence-electron chi connectivity index (χ2n) is 6.29. The first-order chi connectivity index (χ1) is 12.9. The summed E-state index contributed by atoms with van der Waals surface area (Å²) in [6.45, 7) is 1.09. The molecular formula is C19H20N2O5S. The normalized spacial score (nSPS) is 14.8. The van der Waals surface area contributed by atoms with Gasteiger partial charge in [0.15, 0.2) is 5.78 Å². The first-order valence-electron chi connectivity index (χ1n) is 8.58. The average Bonchev–Trinajstić information content (AvgIpc) is 3.22. The van der Waals surface area contributed by atoms with E-state index < -0.39 is 16.0 Å². The molecule has 1 saturated heterocycles. The van der Waals surface area contributed by atoms with Gasteiger partial charge in [-0.15, -0.1) is 0 Å². The largest absolute Gasteiger partial charge is 0.478 e. The maximum absolute atomic E-state index is 12.5. The molecule has 0 bridgehead atoms. The minimum atomic E-state index is -3.49. The van der Waals surface area contributed by atoms with E-state index in [0.717, 1.165) is 12.8 Å². The molecule has 3 rings (SSSR count). The van der Waals surface area contributed by atoms with Gasteiger partial charge in [0.2, 0.25) is 10.0 Å². The van der Waals surface area contributed by atoms with Crippen LogP contribution in [-0.4, -0.2) is 49.2 Å². The van der Waals surface area contributed by atoms with Crippen LogP contribution in [0, 0.1) is 0 Å². The maximum Gasteiger partial charge on any atom is 0.335 e. The van der Waals surface area contributed by atoms with Gasteiger partial charge in [0, 0.05) is 24.3 Å². The molecular weight excluding hydrogens is 368 g/mol. The molecule has 142 valence electrons. The van der Waals surface area contributed by atoms with E-state index >= 15 is 0 Å². The van der Waals surface area contributed by atoms with Crippen molar-refractivity contribution >= 4 is 27.5 Å². The summed E-state index contributed by atoms with van der Waals surface area (Å²) in [5.74, 6) is -1.20. The number of Topliss-reactive ketones (excluding diaryl/α,β-unsaturated/α-hetero) is 1. The van der Waals surface area contributed by atoms with Gasteiger partial charge < -0.3 is 10.4 Å². The van der Waals surface area contributed by atoms with Gasteiger partial charge >= 0.3 is 5.97 Å². The number of benzene rings is 2. The first-order valence-corrected chi connectivity index (χ1v) is 10.0. The van der Waals surface area contributed by atoms with E-state index in [1.807, 2.05) is 0 Å². The van der Waals surface area contributed by atoms with Gasteiger partial charge in [0.1, 0.15) is 0 Å². The second kappa shape index (κ2) is 7.89. The number of carboxylic acids is 1. The topological polar surface area (TPSA) is 104 Å². The molecule has 1 aliphatic heterocycles. The Morgan fingerprint density at radius 3 is 2.04 bits per heavy atom. The van der Waals surface area contributed by atoms with E-state index in [-0.39, 0.29) is 22.8 Å². The van der Waals surface area contributed by atoms with Crippen LogP contribution < -0.4 is 5.32 Å². The fraction of sp³-hybridized carbons (Fsp3) is 0.263. The van der Waals surface area contributed by atoms with Gasteiger partial charge in [-0.2, -0.15) is 4.31 Å². The van der Waals surface area contributed by atoms with Crippen molar-refractivity contribution in [2.45, 2.75) is 17.7 Å². The predicted molar refractivity (Wildman–Crippen MR) is 101 cm³/mol. The number of aromatic carboxylic acids is 1. The zero-order chi connectivity index (χ0) is 19.4. The van der Waals surface area contributed by atoms with Crippen molar-refractivity contribution in [1.29, 1.82) is 0 Å². The number of carbonyl (C=O) groups excluding carboxylic acids is 1. The quantitative estimate of drug-likeness (QED) is 0.706. The summed E-state index contributed by atoms with van der Waals surface area (Å²) in [5, 5.41) is 11.8. The fourth-order valence-corrected chi connectivity index (χ4v) is 4.42. The molecule has 2 N–H and O–H groups in total. The van der Waals surface area contributed by atoms with Crippen molar-refractivity contribution in [3.8, 4) is 0 Å². The van der Waals surface area contributed by atoms with Crippen LogP contribution in [-0.2, 0) is 10.0 Å². The van der Waals surface area contributed by atoms with Gasteiger partial charge in [-0.05, 0) is 61.4 Å². The highest BCUT2D eigenvalue weighted by Crippen LogP contribution is 2.21. The molecule has 0 aliphatic carbocycles. The molecule has 1 heterocycles. The minimum Gasteiger partial charge on any atom is -0.478 e. The van der Waals surface area contributed by atoms with Crippen LogP contribution in [0.5, 0.6) is 0 Å². The smallest absolute Gasteiger partial charge is 0.335 e. The summed E-state index contributed by atoms with van der Waals surface area (Å²) in [6, 6.07) is 12.0. The Morgan fingerprint density at radius 1 is 0.926 bits per heavy atom. The molecule has 0 unspecified atom stereocenters. The molecule has 2 aromatic carbocycles. The number of hydrogen-bond acceptors (Lipinski definition) is 5. The Morgan fingerprint density at radius 2 is 1.48 bits per heavy atom. The lowest BCUT2D eigenvalue weighted by Gasteiger charge is -2.15. The number of anilines is 1.